The molecule has 0 aliphatic carbocycles. The molecule has 1 aliphatic rings. The Bertz CT molecular complexity index is 1370. The van der Waals surface area contributed by atoms with E-state index in [0.717, 1.165) is 12.1 Å². The number of hydrogen-bond acceptors (Lipinski definition) is 8. The Hall–Kier alpha value is -4.62. The molecular weight excluding hydrogens is 480 g/mol. The fraction of sp³-hybridized carbons (Fsp3) is 0.160. The number of primary amides is 1. The molecule has 3 aromatic rings. The summed E-state index contributed by atoms with van der Waals surface area (Å²) < 4.78 is 0. The number of nitrogens with zero attached hydrogens (tertiary/aromatic N) is 4. The zero-order valence-corrected chi connectivity index (χ0v) is 19.9. The van der Waals surface area contributed by atoms with Gasteiger partial charge in [0.25, 0.3) is 0 Å². The topological polar surface area (TPSA) is 149 Å². The zero-order chi connectivity index (χ0) is 25.7. The first-order valence-corrected chi connectivity index (χ1v) is 11.5. The van der Waals surface area contributed by atoms with Gasteiger partial charge in [-0.05, 0) is 49.2 Å². The van der Waals surface area contributed by atoms with Crippen LogP contribution in [0.3, 0.4) is 0 Å². The number of rotatable bonds is 8. The minimum Gasteiger partial charge on any atom is -0.368 e. The first-order chi connectivity index (χ1) is 17.4. The minimum absolute atomic E-state index is 0.204. The molecule has 11 heteroatoms. The van der Waals surface area contributed by atoms with Crippen LogP contribution in [0.5, 0.6) is 0 Å². The normalized spacial score (nSPS) is 14.6. The van der Waals surface area contributed by atoms with E-state index < -0.39 is 0 Å². The van der Waals surface area contributed by atoms with E-state index >= 15 is 0 Å². The number of nitrogens with two attached hydrogens (primary N) is 1. The van der Waals surface area contributed by atoms with Gasteiger partial charge in [0.1, 0.15) is 17.1 Å². The second-order valence-corrected chi connectivity index (χ2v) is 8.38. The molecule has 1 saturated heterocycles. The van der Waals surface area contributed by atoms with Gasteiger partial charge >= 0.3 is 0 Å². The predicted octanol–water partition coefficient (Wildman–Crippen LogP) is 4.07. The fourth-order valence-electron chi connectivity index (χ4n) is 3.93. The van der Waals surface area contributed by atoms with Crippen LogP contribution in [0.25, 0.3) is 0 Å². The van der Waals surface area contributed by atoms with E-state index in [1.54, 1.807) is 36.4 Å². The van der Waals surface area contributed by atoms with Gasteiger partial charge in [-0.25, -0.2) is 4.98 Å². The highest BCUT2D eigenvalue weighted by molar-refractivity contribution is 6.33. The van der Waals surface area contributed by atoms with Crippen LogP contribution >= 0.6 is 11.6 Å². The third-order valence-electron chi connectivity index (χ3n) is 5.65. The number of aromatic nitrogens is 2. The Morgan fingerprint density at radius 2 is 1.97 bits per heavy atom. The van der Waals surface area contributed by atoms with Crippen molar-refractivity contribution in [1.29, 1.82) is 5.26 Å². The van der Waals surface area contributed by atoms with Crippen LogP contribution < -0.4 is 26.6 Å². The molecule has 0 unspecified atom stereocenters. The van der Waals surface area contributed by atoms with Crippen molar-refractivity contribution in [3.63, 3.8) is 0 Å². The van der Waals surface area contributed by atoms with Crippen molar-refractivity contribution in [2.24, 2.45) is 5.73 Å². The Morgan fingerprint density at radius 1 is 1.19 bits per heavy atom. The Morgan fingerprint density at radius 3 is 2.69 bits per heavy atom. The van der Waals surface area contributed by atoms with E-state index in [2.05, 4.69) is 38.6 Å². The van der Waals surface area contributed by atoms with E-state index in [-0.39, 0.29) is 28.8 Å². The third kappa shape index (κ3) is 5.37. The van der Waals surface area contributed by atoms with Gasteiger partial charge in [0.15, 0.2) is 5.82 Å². The maximum atomic E-state index is 11.8. The van der Waals surface area contributed by atoms with E-state index in [1.807, 2.05) is 11.0 Å². The fourth-order valence-corrected chi connectivity index (χ4v) is 4.07. The number of benzene rings is 2. The summed E-state index contributed by atoms with van der Waals surface area (Å²) in [5, 5.41) is 18.9. The SMILES string of the molecule is C=CC(=O)Nc1ccccc1Nc1nc(Nc2ccc(N3CCC[C@H]3C(N)=O)cc2C#N)ncc1Cl. The average molecular weight is 503 g/mol. The molecule has 0 spiro atoms. The molecule has 5 N–H and O–H groups in total. The van der Waals surface area contributed by atoms with Crippen molar-refractivity contribution >= 4 is 57.9 Å². The van der Waals surface area contributed by atoms with Gasteiger partial charge in [-0.3, -0.25) is 9.59 Å². The Kier molecular flexibility index (Phi) is 7.32. The lowest BCUT2D eigenvalue weighted by Gasteiger charge is -2.25. The largest absolute Gasteiger partial charge is 0.368 e. The van der Waals surface area contributed by atoms with Crippen LogP contribution in [-0.4, -0.2) is 34.4 Å². The highest BCUT2D eigenvalue weighted by Crippen LogP contribution is 2.32. The summed E-state index contributed by atoms with van der Waals surface area (Å²) in [5.74, 6) is -0.238. The van der Waals surface area contributed by atoms with E-state index in [9.17, 15) is 14.9 Å². The van der Waals surface area contributed by atoms with Crippen LogP contribution in [0, 0.1) is 11.3 Å². The zero-order valence-electron chi connectivity index (χ0n) is 19.2. The summed E-state index contributed by atoms with van der Waals surface area (Å²) in [5.41, 5.74) is 8.21. The van der Waals surface area contributed by atoms with Crippen LogP contribution in [0.1, 0.15) is 18.4 Å². The summed E-state index contributed by atoms with van der Waals surface area (Å²) in [6.45, 7) is 4.15. The molecule has 2 amide bonds. The van der Waals surface area contributed by atoms with Crippen molar-refractivity contribution in [1.82, 2.24) is 9.97 Å². The van der Waals surface area contributed by atoms with Crippen molar-refractivity contribution in [2.75, 3.05) is 27.4 Å². The number of nitriles is 1. The Balaban J connectivity index is 1.57. The highest BCUT2D eigenvalue weighted by Gasteiger charge is 2.29. The number of carbonyl (C=O) groups excluding carboxylic acids is 2. The first-order valence-electron chi connectivity index (χ1n) is 11.1. The number of halogens is 1. The molecule has 36 heavy (non-hydrogen) atoms. The van der Waals surface area contributed by atoms with Crippen LogP contribution in [0.2, 0.25) is 5.02 Å². The standard InChI is InChI=1S/C25H23ClN8O2/c1-2-22(35)30-19-6-3-4-7-20(19)31-24-17(26)14-29-25(33-24)32-18-10-9-16(12-15(18)13-27)34-11-5-8-21(34)23(28)36/h2-4,6-7,9-10,12,14,21H,1,5,8,11H2,(H2,28,36)(H,30,35)(H2,29,31,32,33)/t21-/m0/s1. The number of hydrogen-bond donors (Lipinski definition) is 4. The summed E-state index contributed by atoms with van der Waals surface area (Å²) >= 11 is 6.31. The van der Waals surface area contributed by atoms with Gasteiger partial charge in [-0.15, -0.1) is 0 Å². The maximum absolute atomic E-state index is 11.8. The second kappa shape index (κ2) is 10.8. The molecule has 0 saturated carbocycles. The van der Waals surface area contributed by atoms with Crippen LogP contribution in [0.4, 0.5) is 34.5 Å². The Labute approximate surface area is 212 Å². The van der Waals surface area contributed by atoms with E-state index in [1.165, 1.54) is 12.3 Å². The lowest BCUT2D eigenvalue weighted by atomic mass is 10.1. The monoisotopic (exact) mass is 502 g/mol. The average Bonchev–Trinajstić information content (AvgIpc) is 3.38. The van der Waals surface area contributed by atoms with E-state index in [0.29, 0.717) is 41.4 Å². The van der Waals surface area contributed by atoms with E-state index in [4.69, 9.17) is 17.3 Å². The lowest BCUT2D eigenvalue weighted by molar-refractivity contribution is -0.119. The van der Waals surface area contributed by atoms with Gasteiger partial charge < -0.3 is 26.6 Å². The molecule has 1 aromatic heterocycles. The molecule has 0 radical (unpaired) electrons. The summed E-state index contributed by atoms with van der Waals surface area (Å²) in [6.07, 6.45) is 4.13. The molecule has 2 aromatic carbocycles. The molecule has 0 bridgehead atoms. The molecule has 10 nitrogen and oxygen atoms in total. The lowest BCUT2D eigenvalue weighted by Crippen LogP contribution is -2.40. The molecule has 1 fully saturated rings. The van der Waals surface area contributed by atoms with Crippen molar-refractivity contribution < 1.29 is 9.59 Å². The summed E-state index contributed by atoms with van der Waals surface area (Å²) in [7, 11) is 0. The van der Waals surface area contributed by atoms with Gasteiger partial charge in [0.2, 0.25) is 17.8 Å². The molecule has 182 valence electrons. The molecule has 2 heterocycles. The number of anilines is 6. The summed E-state index contributed by atoms with van der Waals surface area (Å²) in [4.78, 5) is 34.1. The number of para-hydroxylation sites is 2. The van der Waals surface area contributed by atoms with Gasteiger partial charge in [0.05, 0.1) is 28.8 Å². The molecular formula is C25H23ClN8O2. The van der Waals surface area contributed by atoms with Gasteiger partial charge in [-0.1, -0.05) is 30.3 Å². The van der Waals surface area contributed by atoms with Gasteiger partial charge in [-0.2, -0.15) is 10.2 Å². The van der Waals surface area contributed by atoms with Crippen LogP contribution in [-0.2, 0) is 9.59 Å². The second-order valence-electron chi connectivity index (χ2n) is 7.97. The minimum atomic E-state index is -0.386. The predicted molar refractivity (Wildman–Crippen MR) is 140 cm³/mol. The van der Waals surface area contributed by atoms with Crippen molar-refractivity contribution in [3.8, 4) is 6.07 Å². The van der Waals surface area contributed by atoms with Crippen molar-refractivity contribution in [2.45, 2.75) is 18.9 Å². The van der Waals surface area contributed by atoms with Crippen molar-refractivity contribution in [3.05, 3.63) is 71.9 Å². The number of amides is 2. The highest BCUT2D eigenvalue weighted by atomic mass is 35.5. The molecule has 1 atom stereocenters. The maximum Gasteiger partial charge on any atom is 0.247 e. The summed E-state index contributed by atoms with van der Waals surface area (Å²) in [6, 6.07) is 14.1. The quantitative estimate of drug-likeness (QED) is 0.337. The molecule has 4 rings (SSSR count). The smallest absolute Gasteiger partial charge is 0.247 e. The number of carbonyl (C=O) groups is 2. The third-order valence-corrected chi connectivity index (χ3v) is 5.93. The first kappa shape index (κ1) is 24.5. The molecule has 1 aliphatic heterocycles. The van der Waals surface area contributed by atoms with Gasteiger partial charge in [0, 0.05) is 12.2 Å². The number of nitrogens with one attached hydrogen (secondary N) is 3. The van der Waals surface area contributed by atoms with Crippen LogP contribution in [0.15, 0.2) is 61.3 Å².